The molecule has 1 aromatic rings. The molecule has 3 rings (SSSR count). The van der Waals surface area contributed by atoms with Gasteiger partial charge in [0.15, 0.2) is 0 Å². The number of morpholine rings is 1. The van der Waals surface area contributed by atoms with Crippen LogP contribution in [0.5, 0.6) is 0 Å². The van der Waals surface area contributed by atoms with E-state index in [1.54, 1.807) is 0 Å². The van der Waals surface area contributed by atoms with Crippen LogP contribution in [0.3, 0.4) is 0 Å². The summed E-state index contributed by atoms with van der Waals surface area (Å²) in [4.78, 5) is 2.61. The highest BCUT2D eigenvalue weighted by molar-refractivity contribution is 9.10. The Morgan fingerprint density at radius 1 is 1.22 bits per heavy atom. The van der Waals surface area contributed by atoms with Crippen molar-refractivity contribution in [1.82, 2.24) is 14.7 Å². The summed E-state index contributed by atoms with van der Waals surface area (Å²) in [7, 11) is 0. The van der Waals surface area contributed by atoms with Gasteiger partial charge >= 0.3 is 0 Å². The van der Waals surface area contributed by atoms with E-state index in [4.69, 9.17) is 4.74 Å². The molecule has 0 radical (unpaired) electrons. The van der Waals surface area contributed by atoms with Crippen LogP contribution in [0.2, 0.25) is 0 Å². The maximum atomic E-state index is 5.44. The molecule has 2 atom stereocenters. The smallest absolute Gasteiger partial charge is 0.0632 e. The standard InChI is InChI=1S/C13H20BrN3O/c14-11-9-15-17(10-11)13-3-1-2-12(8-13)16-4-6-18-7-5-16/h9-10,12-13H,1-8H2/t12-,13-/m0/s1. The monoisotopic (exact) mass is 313 g/mol. The second kappa shape index (κ2) is 5.72. The number of hydrogen-bond donors (Lipinski definition) is 0. The molecule has 0 amide bonds. The lowest BCUT2D eigenvalue weighted by Gasteiger charge is -2.39. The Kier molecular flexibility index (Phi) is 4.01. The van der Waals surface area contributed by atoms with Crippen LogP contribution in [0.4, 0.5) is 0 Å². The Morgan fingerprint density at radius 3 is 2.72 bits per heavy atom. The van der Waals surface area contributed by atoms with Crippen molar-refractivity contribution in [3.05, 3.63) is 16.9 Å². The Morgan fingerprint density at radius 2 is 2.00 bits per heavy atom. The quantitative estimate of drug-likeness (QED) is 0.840. The molecule has 1 aromatic heterocycles. The molecule has 0 bridgehead atoms. The topological polar surface area (TPSA) is 30.3 Å². The molecule has 18 heavy (non-hydrogen) atoms. The van der Waals surface area contributed by atoms with E-state index in [9.17, 15) is 0 Å². The number of ether oxygens (including phenoxy) is 1. The van der Waals surface area contributed by atoms with Crippen molar-refractivity contribution in [2.75, 3.05) is 26.3 Å². The van der Waals surface area contributed by atoms with Crippen molar-refractivity contribution in [3.63, 3.8) is 0 Å². The van der Waals surface area contributed by atoms with E-state index >= 15 is 0 Å². The van der Waals surface area contributed by atoms with Gasteiger partial charge in [-0.3, -0.25) is 9.58 Å². The highest BCUT2D eigenvalue weighted by Gasteiger charge is 2.28. The van der Waals surface area contributed by atoms with E-state index in [-0.39, 0.29) is 0 Å². The first-order valence-electron chi connectivity index (χ1n) is 6.84. The van der Waals surface area contributed by atoms with E-state index in [1.807, 2.05) is 6.20 Å². The summed E-state index contributed by atoms with van der Waals surface area (Å²) < 4.78 is 8.66. The fraction of sp³-hybridized carbons (Fsp3) is 0.769. The van der Waals surface area contributed by atoms with Gasteiger partial charge in [0.05, 0.1) is 29.9 Å². The molecule has 0 unspecified atom stereocenters. The number of hydrogen-bond acceptors (Lipinski definition) is 3. The molecule has 0 N–H and O–H groups in total. The fourth-order valence-electron chi connectivity index (χ4n) is 3.17. The number of nitrogens with zero attached hydrogens (tertiary/aromatic N) is 3. The molecule has 0 spiro atoms. The largest absolute Gasteiger partial charge is 0.379 e. The lowest BCUT2D eigenvalue weighted by atomic mass is 9.90. The van der Waals surface area contributed by atoms with Crippen LogP contribution < -0.4 is 0 Å². The van der Waals surface area contributed by atoms with Crippen molar-refractivity contribution < 1.29 is 4.74 Å². The molecule has 4 nitrogen and oxygen atoms in total. The van der Waals surface area contributed by atoms with Crippen LogP contribution in [0, 0.1) is 0 Å². The molecule has 5 heteroatoms. The van der Waals surface area contributed by atoms with Gasteiger partial charge < -0.3 is 4.74 Å². The van der Waals surface area contributed by atoms with Gasteiger partial charge in [0.25, 0.3) is 0 Å². The van der Waals surface area contributed by atoms with Crippen molar-refractivity contribution in [3.8, 4) is 0 Å². The van der Waals surface area contributed by atoms with Crippen LogP contribution in [-0.2, 0) is 4.74 Å². The van der Waals surface area contributed by atoms with Crippen LogP contribution in [0.25, 0.3) is 0 Å². The molecule has 1 saturated heterocycles. The first-order valence-corrected chi connectivity index (χ1v) is 7.63. The Balaban J connectivity index is 1.64. The molecule has 1 aliphatic carbocycles. The fourth-order valence-corrected chi connectivity index (χ4v) is 3.47. The molecular formula is C13H20BrN3O. The average Bonchev–Trinajstić information content (AvgIpc) is 2.87. The Bertz CT molecular complexity index is 389. The van der Waals surface area contributed by atoms with Gasteiger partial charge in [0.1, 0.15) is 0 Å². The van der Waals surface area contributed by atoms with Crippen LogP contribution in [0.15, 0.2) is 16.9 Å². The predicted octanol–water partition coefficient (Wildman–Crippen LogP) is 2.46. The second-order valence-electron chi connectivity index (χ2n) is 5.26. The first kappa shape index (κ1) is 12.6. The molecule has 0 aromatic carbocycles. The maximum absolute atomic E-state index is 5.44. The lowest BCUT2D eigenvalue weighted by molar-refractivity contribution is 0.00313. The maximum Gasteiger partial charge on any atom is 0.0632 e. The minimum absolute atomic E-state index is 0.567. The van der Waals surface area contributed by atoms with Crippen molar-refractivity contribution >= 4 is 15.9 Å². The van der Waals surface area contributed by atoms with Crippen molar-refractivity contribution in [2.24, 2.45) is 0 Å². The summed E-state index contributed by atoms with van der Waals surface area (Å²) in [5.74, 6) is 0. The summed E-state index contributed by atoms with van der Waals surface area (Å²) >= 11 is 3.48. The highest BCUT2D eigenvalue weighted by Crippen LogP contribution is 2.31. The SMILES string of the molecule is Brc1cnn([C@H]2CCC[C@H](N3CCOCC3)C2)c1. The molecule has 2 aliphatic rings. The highest BCUT2D eigenvalue weighted by atomic mass is 79.9. The molecule has 2 heterocycles. The molecule has 1 saturated carbocycles. The zero-order chi connectivity index (χ0) is 12.4. The zero-order valence-corrected chi connectivity index (χ0v) is 12.2. The number of aromatic nitrogens is 2. The van der Waals surface area contributed by atoms with E-state index < -0.39 is 0 Å². The molecule has 2 fully saturated rings. The normalized spacial score (nSPS) is 30.5. The average molecular weight is 314 g/mol. The minimum Gasteiger partial charge on any atom is -0.379 e. The van der Waals surface area contributed by atoms with Crippen LogP contribution in [-0.4, -0.2) is 47.0 Å². The summed E-state index contributed by atoms with van der Waals surface area (Å²) in [5, 5.41) is 4.45. The van der Waals surface area contributed by atoms with Gasteiger partial charge in [-0.1, -0.05) is 0 Å². The molecule has 1 aliphatic heterocycles. The van der Waals surface area contributed by atoms with Crippen molar-refractivity contribution in [1.29, 1.82) is 0 Å². The van der Waals surface area contributed by atoms with Gasteiger partial charge in [0, 0.05) is 25.3 Å². The number of halogens is 1. The zero-order valence-electron chi connectivity index (χ0n) is 10.6. The molecular weight excluding hydrogens is 294 g/mol. The van der Waals surface area contributed by atoms with E-state index in [2.05, 4.69) is 36.8 Å². The van der Waals surface area contributed by atoms with Gasteiger partial charge in [0.2, 0.25) is 0 Å². The predicted molar refractivity (Wildman–Crippen MR) is 73.6 cm³/mol. The van der Waals surface area contributed by atoms with E-state index in [0.717, 1.165) is 36.8 Å². The summed E-state index contributed by atoms with van der Waals surface area (Å²) in [6, 6.07) is 1.29. The lowest BCUT2D eigenvalue weighted by Crippen LogP contribution is -2.45. The minimum atomic E-state index is 0.567. The third kappa shape index (κ3) is 2.78. The number of rotatable bonds is 2. The van der Waals surface area contributed by atoms with E-state index in [1.165, 1.54) is 25.7 Å². The summed E-state index contributed by atoms with van der Waals surface area (Å²) in [6.45, 7) is 3.99. The Hall–Kier alpha value is -0.390. The third-order valence-electron chi connectivity index (χ3n) is 4.13. The van der Waals surface area contributed by atoms with Crippen molar-refractivity contribution in [2.45, 2.75) is 37.8 Å². The van der Waals surface area contributed by atoms with Gasteiger partial charge in [-0.15, -0.1) is 0 Å². The van der Waals surface area contributed by atoms with E-state index in [0.29, 0.717) is 6.04 Å². The third-order valence-corrected chi connectivity index (χ3v) is 4.53. The second-order valence-corrected chi connectivity index (χ2v) is 6.18. The Labute approximate surface area is 116 Å². The van der Waals surface area contributed by atoms with Crippen LogP contribution >= 0.6 is 15.9 Å². The van der Waals surface area contributed by atoms with Gasteiger partial charge in [-0.2, -0.15) is 5.10 Å². The van der Waals surface area contributed by atoms with Gasteiger partial charge in [-0.25, -0.2) is 0 Å². The summed E-state index contributed by atoms with van der Waals surface area (Å²) in [5.41, 5.74) is 0. The molecule has 100 valence electrons. The van der Waals surface area contributed by atoms with Crippen LogP contribution in [0.1, 0.15) is 31.7 Å². The van der Waals surface area contributed by atoms with Gasteiger partial charge in [-0.05, 0) is 41.6 Å². The first-order chi connectivity index (χ1) is 8.83. The summed E-state index contributed by atoms with van der Waals surface area (Å²) in [6.07, 6.45) is 9.12.